The van der Waals surface area contributed by atoms with Crippen molar-refractivity contribution in [1.82, 2.24) is 9.97 Å². The number of nitrogens with two attached hydrogens (primary N) is 1. The molecule has 34 heavy (non-hydrogen) atoms. The van der Waals surface area contributed by atoms with Crippen LogP contribution in [0.5, 0.6) is 0 Å². The minimum atomic E-state index is -1.31. The number of pyridine rings is 2. The van der Waals surface area contributed by atoms with Gasteiger partial charge in [-0.05, 0) is 66.6 Å². The number of hydrogen-bond acceptors (Lipinski definition) is 6. The van der Waals surface area contributed by atoms with Gasteiger partial charge in [0.1, 0.15) is 11.9 Å². The molecule has 0 bridgehead atoms. The highest BCUT2D eigenvalue weighted by molar-refractivity contribution is 6.08. The molecular weight excluding hydrogens is 434 g/mol. The summed E-state index contributed by atoms with van der Waals surface area (Å²) in [5.41, 5.74) is 13.6. The van der Waals surface area contributed by atoms with E-state index in [1.165, 1.54) is 22.3 Å². The van der Waals surface area contributed by atoms with Crippen molar-refractivity contribution in [2.45, 2.75) is 39.7 Å². The van der Waals surface area contributed by atoms with Crippen LogP contribution in [0.2, 0.25) is 0 Å². The number of rotatable bonds is 6. The number of nitrogen functional groups attached to an aromatic ring is 1. The first-order valence-corrected chi connectivity index (χ1v) is 10.7. The van der Waals surface area contributed by atoms with Crippen molar-refractivity contribution in [3.63, 3.8) is 0 Å². The first kappa shape index (κ1) is 24.6. The number of carbonyl (C=O) groups is 2. The third-order valence-corrected chi connectivity index (χ3v) is 5.45. The zero-order chi connectivity index (χ0) is 24.8. The number of fused-ring (bicyclic) bond motifs is 3. The van der Waals surface area contributed by atoms with Gasteiger partial charge >= 0.3 is 11.9 Å². The number of aliphatic hydroxyl groups is 1. The van der Waals surface area contributed by atoms with E-state index < -0.39 is 18.4 Å². The van der Waals surface area contributed by atoms with Crippen LogP contribution in [0, 0.1) is 13.8 Å². The molecule has 2 aromatic carbocycles. The van der Waals surface area contributed by atoms with Gasteiger partial charge < -0.3 is 21.1 Å². The number of aliphatic hydroxyl groups excluding tert-OH is 1. The van der Waals surface area contributed by atoms with Gasteiger partial charge in [-0.2, -0.15) is 0 Å². The summed E-state index contributed by atoms with van der Waals surface area (Å²) in [4.78, 5) is 28.0. The van der Waals surface area contributed by atoms with E-state index in [2.05, 4.69) is 60.2 Å². The van der Waals surface area contributed by atoms with Gasteiger partial charge in [-0.25, -0.2) is 4.98 Å². The maximum Gasteiger partial charge on any atom is 0.314 e. The molecule has 2 heterocycles. The highest BCUT2D eigenvalue weighted by Gasteiger charge is 2.09. The van der Waals surface area contributed by atoms with Crippen molar-refractivity contribution in [1.29, 1.82) is 0 Å². The number of aromatic nitrogens is 2. The Morgan fingerprint density at radius 3 is 2.26 bits per heavy atom. The van der Waals surface area contributed by atoms with Crippen molar-refractivity contribution in [2.24, 2.45) is 0 Å². The van der Waals surface area contributed by atoms with Gasteiger partial charge in [0.05, 0.1) is 12.1 Å². The average Bonchev–Trinajstić information content (AvgIpc) is 2.77. The van der Waals surface area contributed by atoms with E-state index in [9.17, 15) is 14.7 Å². The van der Waals surface area contributed by atoms with Crippen LogP contribution in [0.3, 0.4) is 0 Å². The fourth-order valence-electron chi connectivity index (χ4n) is 3.74. The van der Waals surface area contributed by atoms with E-state index >= 15 is 0 Å². The van der Waals surface area contributed by atoms with Crippen molar-refractivity contribution >= 4 is 39.6 Å². The lowest BCUT2D eigenvalue weighted by atomic mass is 9.98. The minimum absolute atomic E-state index is 0.0811. The number of hydrogen-bond donors (Lipinski definition) is 4. The summed E-state index contributed by atoms with van der Waals surface area (Å²) in [6.07, 6.45) is 2.93. The summed E-state index contributed by atoms with van der Waals surface area (Å²) in [7, 11) is 0. The third-order valence-electron chi connectivity index (χ3n) is 5.45. The van der Waals surface area contributed by atoms with Crippen LogP contribution in [0.15, 0.2) is 48.7 Å². The molecule has 8 heteroatoms. The second kappa shape index (κ2) is 10.7. The molecule has 0 spiro atoms. The fourth-order valence-corrected chi connectivity index (χ4v) is 3.74. The van der Waals surface area contributed by atoms with Crippen LogP contribution < -0.4 is 5.73 Å². The lowest BCUT2D eigenvalue weighted by Gasteiger charge is -2.10. The molecule has 4 aromatic rings. The Balaban J connectivity index is 0.000000406. The summed E-state index contributed by atoms with van der Waals surface area (Å²) in [5, 5.41) is 26.8. The zero-order valence-electron chi connectivity index (χ0n) is 19.1. The van der Waals surface area contributed by atoms with Crippen LogP contribution in [-0.2, 0) is 29.0 Å². The van der Waals surface area contributed by atoms with E-state index in [4.69, 9.17) is 15.9 Å². The van der Waals surface area contributed by atoms with Gasteiger partial charge in [0.15, 0.2) is 5.82 Å². The molecule has 0 saturated carbocycles. The van der Waals surface area contributed by atoms with Crippen molar-refractivity contribution in [2.75, 3.05) is 5.73 Å². The van der Waals surface area contributed by atoms with Gasteiger partial charge in [0, 0.05) is 17.0 Å². The van der Waals surface area contributed by atoms with Crippen molar-refractivity contribution < 1.29 is 24.9 Å². The SMILES string of the molecule is Cc1ccc2c(c1)nc(N)c1ncc(CCc3ccc(CO)cc3C)cc12.O=C(O)CC(=O)O. The summed E-state index contributed by atoms with van der Waals surface area (Å²) in [5.74, 6) is -2.15. The minimum Gasteiger partial charge on any atom is -0.481 e. The Bertz CT molecular complexity index is 1360. The number of aliphatic carboxylic acids is 2. The maximum atomic E-state index is 9.43. The molecule has 0 aliphatic rings. The van der Waals surface area contributed by atoms with Crippen LogP contribution in [-0.4, -0.2) is 37.2 Å². The lowest BCUT2D eigenvalue weighted by molar-refractivity contribution is -0.147. The average molecular weight is 462 g/mol. The van der Waals surface area contributed by atoms with E-state index in [1.54, 1.807) is 0 Å². The predicted molar refractivity (Wildman–Crippen MR) is 131 cm³/mol. The second-order valence-corrected chi connectivity index (χ2v) is 8.14. The monoisotopic (exact) mass is 461 g/mol. The first-order chi connectivity index (χ1) is 16.2. The van der Waals surface area contributed by atoms with Gasteiger partial charge in [-0.1, -0.05) is 30.3 Å². The topological polar surface area (TPSA) is 147 Å². The molecule has 4 rings (SSSR count). The van der Waals surface area contributed by atoms with Crippen molar-refractivity contribution in [3.8, 4) is 0 Å². The molecule has 5 N–H and O–H groups in total. The van der Waals surface area contributed by atoms with Gasteiger partial charge in [0.25, 0.3) is 0 Å². The molecular formula is C26H27N3O5. The molecule has 8 nitrogen and oxygen atoms in total. The Kier molecular flexibility index (Phi) is 7.75. The van der Waals surface area contributed by atoms with Gasteiger partial charge in [0.2, 0.25) is 0 Å². The third kappa shape index (κ3) is 6.05. The first-order valence-electron chi connectivity index (χ1n) is 10.7. The molecule has 0 fully saturated rings. The van der Waals surface area contributed by atoms with Crippen LogP contribution in [0.25, 0.3) is 21.8 Å². The van der Waals surface area contributed by atoms with E-state index in [0.29, 0.717) is 5.82 Å². The number of anilines is 1. The number of carboxylic acids is 2. The van der Waals surface area contributed by atoms with E-state index in [0.717, 1.165) is 40.2 Å². The van der Waals surface area contributed by atoms with Crippen molar-refractivity contribution in [3.05, 3.63) is 76.5 Å². The predicted octanol–water partition coefficient (Wildman–Crippen LogP) is 3.81. The van der Waals surface area contributed by atoms with Crippen LogP contribution >= 0.6 is 0 Å². The van der Waals surface area contributed by atoms with Gasteiger partial charge in [-0.3, -0.25) is 14.6 Å². The number of nitrogens with zero attached hydrogens (tertiary/aromatic N) is 2. The van der Waals surface area contributed by atoms with Crippen LogP contribution in [0.1, 0.15) is 34.2 Å². The zero-order valence-corrected chi connectivity index (χ0v) is 19.1. The number of carboxylic acid groups (broad SMARTS) is 2. The summed E-state index contributed by atoms with van der Waals surface area (Å²) in [6.45, 7) is 4.23. The molecule has 2 aromatic heterocycles. The summed E-state index contributed by atoms with van der Waals surface area (Å²) < 4.78 is 0. The molecule has 0 amide bonds. The van der Waals surface area contributed by atoms with Gasteiger partial charge in [-0.15, -0.1) is 0 Å². The normalized spacial score (nSPS) is 10.7. The number of benzene rings is 2. The molecule has 176 valence electrons. The lowest BCUT2D eigenvalue weighted by Crippen LogP contribution is -2.03. The molecule has 0 radical (unpaired) electrons. The molecule has 0 atom stereocenters. The fraction of sp³-hybridized carbons (Fsp3) is 0.231. The molecule has 0 aliphatic heterocycles. The quantitative estimate of drug-likeness (QED) is 0.250. The molecule has 0 unspecified atom stereocenters. The van der Waals surface area contributed by atoms with Crippen LogP contribution in [0.4, 0.5) is 5.82 Å². The molecule has 0 saturated heterocycles. The summed E-state index contributed by atoms with van der Waals surface area (Å²) in [6, 6.07) is 14.6. The van der Waals surface area contributed by atoms with E-state index in [1.807, 2.05) is 12.3 Å². The largest absolute Gasteiger partial charge is 0.481 e. The summed E-state index contributed by atoms with van der Waals surface area (Å²) >= 11 is 0. The Hall–Kier alpha value is -4.04. The number of aryl methyl sites for hydroxylation is 4. The Morgan fingerprint density at radius 2 is 1.65 bits per heavy atom. The molecule has 0 aliphatic carbocycles. The highest BCUT2D eigenvalue weighted by atomic mass is 16.4. The smallest absolute Gasteiger partial charge is 0.314 e. The maximum absolute atomic E-state index is 9.43. The standard InChI is InChI=1S/C23H23N3O.C3H4O4/c1-14-3-8-19-20-11-16(12-25-22(20)23(24)26-21(19)9-14)4-6-18-7-5-17(13-27)10-15(18)2;4-2(5)1-3(6)7/h3,5,7-12,27H,4,6,13H2,1-2H3,(H2,24,26);1H2,(H,4,5)(H,6,7). The Labute approximate surface area is 196 Å². The highest BCUT2D eigenvalue weighted by Crippen LogP contribution is 2.28. The Morgan fingerprint density at radius 1 is 0.912 bits per heavy atom. The second-order valence-electron chi connectivity index (χ2n) is 8.14. The van der Waals surface area contributed by atoms with E-state index in [-0.39, 0.29) is 6.61 Å².